The first-order valence-corrected chi connectivity index (χ1v) is 9.45. The number of rotatable bonds is 0. The topological polar surface area (TPSA) is 49.4 Å². The Morgan fingerprint density at radius 1 is 1.00 bits per heavy atom. The minimum atomic E-state index is -0.198. The second-order valence-corrected chi connectivity index (χ2v) is 8.43. The molecule has 0 aromatic heterocycles. The van der Waals surface area contributed by atoms with Crippen molar-refractivity contribution in [3.63, 3.8) is 0 Å². The van der Waals surface area contributed by atoms with E-state index in [0.717, 1.165) is 31.2 Å². The van der Waals surface area contributed by atoms with Crippen molar-refractivity contribution < 1.29 is 9.59 Å². The number of halogens is 2. The molecule has 0 saturated carbocycles. The molecule has 0 spiro atoms. The number of nitrogens with one attached hydrogen (secondary N) is 1. The van der Waals surface area contributed by atoms with Crippen LogP contribution in [0.25, 0.3) is 0 Å². The van der Waals surface area contributed by atoms with Gasteiger partial charge in [0.2, 0.25) is 0 Å². The molecule has 0 fully saturated rings. The molecule has 4 rings (SSSR count). The lowest BCUT2D eigenvalue weighted by atomic mass is 9.94. The maximum Gasteiger partial charge on any atom is 0.254 e. The highest BCUT2D eigenvalue weighted by Gasteiger charge is 2.40. The molecule has 0 bridgehead atoms. The molecule has 0 radical (unpaired) electrons. The van der Waals surface area contributed by atoms with Crippen molar-refractivity contribution in [2.45, 2.75) is 25.9 Å². The Balaban J connectivity index is 0.000000150. The number of benzene rings is 2. The summed E-state index contributed by atoms with van der Waals surface area (Å²) in [5.74, 6) is 0.144. The van der Waals surface area contributed by atoms with Gasteiger partial charge in [-0.25, -0.2) is 0 Å². The molecule has 2 aliphatic rings. The van der Waals surface area contributed by atoms with E-state index < -0.39 is 0 Å². The second kappa shape index (κ2) is 6.57. The Hall–Kier alpha value is -1.66. The predicted octanol–water partition coefficient (Wildman–Crippen LogP) is 4.46. The van der Waals surface area contributed by atoms with Gasteiger partial charge in [-0.1, -0.05) is 31.9 Å². The van der Waals surface area contributed by atoms with Gasteiger partial charge in [0.15, 0.2) is 0 Å². The van der Waals surface area contributed by atoms with Crippen LogP contribution in [0.4, 0.5) is 0 Å². The molecular weight excluding hydrogens is 448 g/mol. The standard InChI is InChI=1S/C11H12BrNO.C8H6BrNO/c1-11(2)9-6-7(12)4-5-8(9)10(14)13(11)3;9-6-1-2-7-5(3-6)4-10-8(7)11/h4-6H,1-3H3;1-3H,4H2,(H,10,11). The zero-order valence-corrected chi connectivity index (χ0v) is 17.4. The van der Waals surface area contributed by atoms with Crippen LogP contribution >= 0.6 is 31.9 Å². The Bertz CT molecular complexity index is 878. The number of carbonyl (C=O) groups excluding carboxylic acids is 2. The highest BCUT2D eigenvalue weighted by atomic mass is 79.9. The number of fused-ring (bicyclic) bond motifs is 2. The molecule has 0 atom stereocenters. The van der Waals surface area contributed by atoms with Crippen LogP contribution in [0.15, 0.2) is 45.3 Å². The molecule has 1 N–H and O–H groups in total. The highest BCUT2D eigenvalue weighted by Crippen LogP contribution is 2.38. The zero-order valence-electron chi connectivity index (χ0n) is 14.2. The van der Waals surface area contributed by atoms with Crippen molar-refractivity contribution in [2.75, 3.05) is 7.05 Å². The van der Waals surface area contributed by atoms with Crippen molar-refractivity contribution in [1.29, 1.82) is 0 Å². The van der Waals surface area contributed by atoms with E-state index in [0.29, 0.717) is 6.54 Å². The normalized spacial score (nSPS) is 16.8. The Morgan fingerprint density at radius 2 is 1.60 bits per heavy atom. The van der Waals surface area contributed by atoms with Crippen LogP contribution in [0, 0.1) is 0 Å². The first-order chi connectivity index (χ1) is 11.7. The summed E-state index contributed by atoms with van der Waals surface area (Å²) in [7, 11) is 1.84. The van der Waals surface area contributed by atoms with E-state index in [1.54, 1.807) is 4.90 Å². The molecule has 2 aliphatic heterocycles. The SMILES string of the molecule is CN1C(=O)c2ccc(Br)cc2C1(C)C.O=C1NCc2cc(Br)ccc21. The van der Waals surface area contributed by atoms with Crippen molar-refractivity contribution in [2.24, 2.45) is 0 Å². The summed E-state index contributed by atoms with van der Waals surface area (Å²) < 4.78 is 2.04. The van der Waals surface area contributed by atoms with Gasteiger partial charge in [-0.05, 0) is 61.4 Å². The first-order valence-electron chi connectivity index (χ1n) is 7.86. The fourth-order valence-corrected chi connectivity index (χ4v) is 3.79. The molecule has 0 aliphatic carbocycles. The van der Waals surface area contributed by atoms with Gasteiger partial charge in [-0.3, -0.25) is 9.59 Å². The van der Waals surface area contributed by atoms with E-state index in [1.165, 1.54) is 0 Å². The van der Waals surface area contributed by atoms with Gasteiger partial charge >= 0.3 is 0 Å². The van der Waals surface area contributed by atoms with Gasteiger partial charge in [-0.2, -0.15) is 0 Å². The summed E-state index contributed by atoms with van der Waals surface area (Å²) >= 11 is 6.77. The average Bonchev–Trinajstić information content (AvgIpc) is 3.00. The third-order valence-electron chi connectivity index (χ3n) is 4.77. The van der Waals surface area contributed by atoms with Crippen LogP contribution in [0.1, 0.15) is 45.7 Å². The fraction of sp³-hybridized carbons (Fsp3) is 0.263. The molecule has 2 aromatic carbocycles. The quantitative estimate of drug-likeness (QED) is 0.624. The van der Waals surface area contributed by atoms with E-state index in [4.69, 9.17) is 0 Å². The van der Waals surface area contributed by atoms with Crippen molar-refractivity contribution in [3.05, 3.63) is 67.6 Å². The van der Waals surface area contributed by atoms with E-state index in [2.05, 4.69) is 51.0 Å². The lowest BCUT2D eigenvalue weighted by molar-refractivity contribution is 0.0691. The van der Waals surface area contributed by atoms with E-state index >= 15 is 0 Å². The monoisotopic (exact) mass is 464 g/mol. The minimum absolute atomic E-state index is 0.0347. The Kier molecular flexibility index (Phi) is 4.77. The number of hydrogen-bond acceptors (Lipinski definition) is 2. The highest BCUT2D eigenvalue weighted by molar-refractivity contribution is 9.10. The van der Waals surface area contributed by atoms with Crippen LogP contribution in [0.2, 0.25) is 0 Å². The summed E-state index contributed by atoms with van der Waals surface area (Å²) in [4.78, 5) is 24.7. The smallest absolute Gasteiger partial charge is 0.254 e. The average molecular weight is 466 g/mol. The largest absolute Gasteiger partial charge is 0.348 e. The molecule has 130 valence electrons. The van der Waals surface area contributed by atoms with E-state index in [1.807, 2.05) is 43.4 Å². The van der Waals surface area contributed by atoms with Crippen molar-refractivity contribution in [1.82, 2.24) is 10.2 Å². The third-order valence-corrected chi connectivity index (χ3v) is 5.75. The molecular formula is C19H18Br2N2O2. The molecule has 0 saturated heterocycles. The summed E-state index contributed by atoms with van der Waals surface area (Å²) in [6, 6.07) is 11.5. The maximum absolute atomic E-state index is 11.8. The van der Waals surface area contributed by atoms with Gasteiger partial charge in [-0.15, -0.1) is 0 Å². The zero-order chi connectivity index (χ0) is 18.4. The number of amides is 2. The van der Waals surface area contributed by atoms with Gasteiger partial charge in [0, 0.05) is 33.7 Å². The van der Waals surface area contributed by atoms with E-state index in [9.17, 15) is 9.59 Å². The van der Waals surface area contributed by atoms with Gasteiger partial charge < -0.3 is 10.2 Å². The fourth-order valence-electron chi connectivity index (χ4n) is 3.03. The van der Waals surface area contributed by atoms with Crippen LogP contribution in [-0.4, -0.2) is 23.8 Å². The van der Waals surface area contributed by atoms with Gasteiger partial charge in [0.25, 0.3) is 11.8 Å². The van der Waals surface area contributed by atoms with Crippen LogP contribution in [-0.2, 0) is 12.1 Å². The third kappa shape index (κ3) is 3.25. The minimum Gasteiger partial charge on any atom is -0.348 e. The molecule has 6 heteroatoms. The molecule has 2 heterocycles. The molecule has 0 unspecified atom stereocenters. The Labute approximate surface area is 163 Å². The number of carbonyl (C=O) groups is 2. The van der Waals surface area contributed by atoms with Crippen LogP contribution in [0.3, 0.4) is 0 Å². The molecule has 2 aromatic rings. The van der Waals surface area contributed by atoms with Gasteiger partial charge in [0.1, 0.15) is 0 Å². The second-order valence-electron chi connectivity index (χ2n) is 6.60. The summed E-state index contributed by atoms with van der Waals surface area (Å²) in [5, 5.41) is 2.75. The van der Waals surface area contributed by atoms with Gasteiger partial charge in [0.05, 0.1) is 5.54 Å². The van der Waals surface area contributed by atoms with E-state index in [-0.39, 0.29) is 17.4 Å². The molecule has 2 amide bonds. The molecule has 4 nitrogen and oxygen atoms in total. The summed E-state index contributed by atoms with van der Waals surface area (Å²) in [5.41, 5.74) is 3.59. The lowest BCUT2D eigenvalue weighted by Gasteiger charge is -2.28. The Morgan fingerprint density at radius 3 is 2.28 bits per heavy atom. The van der Waals surface area contributed by atoms with Crippen molar-refractivity contribution in [3.8, 4) is 0 Å². The number of nitrogens with zero attached hydrogens (tertiary/aromatic N) is 1. The number of hydrogen-bond donors (Lipinski definition) is 1. The summed E-state index contributed by atoms with van der Waals surface area (Å²) in [6.45, 7) is 4.78. The molecule has 25 heavy (non-hydrogen) atoms. The predicted molar refractivity (Wildman–Crippen MR) is 105 cm³/mol. The van der Waals surface area contributed by atoms with Crippen LogP contribution < -0.4 is 5.32 Å². The lowest BCUT2D eigenvalue weighted by Crippen LogP contribution is -2.35. The maximum atomic E-state index is 11.8. The van der Waals surface area contributed by atoms with Crippen LogP contribution in [0.5, 0.6) is 0 Å². The summed E-state index contributed by atoms with van der Waals surface area (Å²) in [6.07, 6.45) is 0. The van der Waals surface area contributed by atoms with Crippen molar-refractivity contribution >= 4 is 43.7 Å². The first kappa shape index (κ1) is 18.1.